The van der Waals surface area contributed by atoms with Crippen LogP contribution in [0.15, 0.2) is 12.7 Å². The van der Waals surface area contributed by atoms with Crippen LogP contribution in [0.25, 0.3) is 0 Å². The molecule has 0 aromatic heterocycles. The molecule has 2 N–H and O–H groups in total. The number of carbonyl (C=O) groups excluding carboxylic acids is 1. The molecule has 1 fully saturated rings. The molecule has 0 bridgehead atoms. The molecule has 5 nitrogen and oxygen atoms in total. The Morgan fingerprint density at radius 1 is 1.62 bits per heavy atom. The van der Waals surface area contributed by atoms with E-state index in [4.69, 9.17) is 5.11 Å². The number of rotatable bonds is 5. The second-order valence-corrected chi connectivity index (χ2v) is 4.63. The Labute approximate surface area is 98.9 Å². The van der Waals surface area contributed by atoms with E-state index in [0.29, 0.717) is 5.75 Å². The van der Waals surface area contributed by atoms with Crippen molar-refractivity contribution in [2.24, 2.45) is 0 Å². The summed E-state index contributed by atoms with van der Waals surface area (Å²) in [7, 11) is 0. The minimum absolute atomic E-state index is 0.158. The molecule has 1 aliphatic rings. The summed E-state index contributed by atoms with van der Waals surface area (Å²) in [6.07, 6.45) is 1.54. The minimum Gasteiger partial charge on any atom is -0.480 e. The molecule has 0 saturated carbocycles. The van der Waals surface area contributed by atoms with Crippen LogP contribution in [0.3, 0.4) is 0 Å². The van der Waals surface area contributed by atoms with Gasteiger partial charge in [-0.3, -0.25) is 9.59 Å². The lowest BCUT2D eigenvalue weighted by Crippen LogP contribution is -2.51. The predicted molar refractivity (Wildman–Crippen MR) is 63.5 cm³/mol. The Hall–Kier alpha value is -1.01. The van der Waals surface area contributed by atoms with Crippen molar-refractivity contribution in [3.05, 3.63) is 12.7 Å². The molecule has 0 radical (unpaired) electrons. The van der Waals surface area contributed by atoms with Gasteiger partial charge < -0.3 is 15.3 Å². The van der Waals surface area contributed by atoms with Gasteiger partial charge in [0.1, 0.15) is 6.54 Å². The van der Waals surface area contributed by atoms with Gasteiger partial charge in [-0.25, -0.2) is 0 Å². The number of carboxylic acid groups (broad SMARTS) is 1. The highest BCUT2D eigenvalue weighted by Crippen LogP contribution is 2.10. The number of aliphatic carboxylic acids is 1. The third-order valence-electron chi connectivity index (χ3n) is 2.21. The van der Waals surface area contributed by atoms with Gasteiger partial charge in [0, 0.05) is 24.6 Å². The maximum absolute atomic E-state index is 12.0. The van der Waals surface area contributed by atoms with Crippen LogP contribution in [0.5, 0.6) is 0 Å². The molecule has 1 unspecified atom stereocenters. The van der Waals surface area contributed by atoms with Crippen molar-refractivity contribution < 1.29 is 14.7 Å². The summed E-state index contributed by atoms with van der Waals surface area (Å²) >= 11 is 1.70. The van der Waals surface area contributed by atoms with E-state index in [1.807, 2.05) is 0 Å². The van der Waals surface area contributed by atoms with E-state index in [0.717, 1.165) is 12.3 Å². The average molecular weight is 244 g/mol. The number of hydrogen-bond donors (Lipinski definition) is 2. The maximum atomic E-state index is 12.0. The minimum atomic E-state index is -1.00. The molecule has 1 atom stereocenters. The zero-order valence-electron chi connectivity index (χ0n) is 9.02. The number of nitrogens with one attached hydrogen (secondary N) is 1. The number of nitrogens with zero attached hydrogens (tertiary/aromatic N) is 1. The van der Waals surface area contributed by atoms with Crippen molar-refractivity contribution in [1.29, 1.82) is 0 Å². The number of amides is 1. The van der Waals surface area contributed by atoms with Crippen LogP contribution in [0.2, 0.25) is 0 Å². The lowest BCUT2D eigenvalue weighted by atomic mass is 10.2. The van der Waals surface area contributed by atoms with Crippen LogP contribution >= 0.6 is 11.8 Å². The van der Waals surface area contributed by atoms with Crippen molar-refractivity contribution in [2.45, 2.75) is 6.04 Å². The molecule has 90 valence electrons. The highest BCUT2D eigenvalue weighted by atomic mass is 32.2. The number of carbonyl (C=O) groups is 2. The maximum Gasteiger partial charge on any atom is 0.323 e. The number of thioether (sulfide) groups is 1. The van der Waals surface area contributed by atoms with Crippen LogP contribution in [0.4, 0.5) is 0 Å². The topological polar surface area (TPSA) is 69.6 Å². The van der Waals surface area contributed by atoms with E-state index in [-0.39, 0.29) is 25.0 Å². The van der Waals surface area contributed by atoms with E-state index < -0.39 is 5.97 Å². The molecular formula is C10H16N2O3S. The third kappa shape index (κ3) is 3.86. The number of hydrogen-bond acceptors (Lipinski definition) is 4. The van der Waals surface area contributed by atoms with Gasteiger partial charge in [0.15, 0.2) is 0 Å². The van der Waals surface area contributed by atoms with E-state index >= 15 is 0 Å². The van der Waals surface area contributed by atoms with Crippen LogP contribution in [-0.4, -0.2) is 59.1 Å². The fourth-order valence-corrected chi connectivity index (χ4v) is 2.42. The molecule has 0 spiro atoms. The van der Waals surface area contributed by atoms with Gasteiger partial charge in [-0.2, -0.15) is 11.8 Å². The lowest BCUT2D eigenvalue weighted by Gasteiger charge is -2.28. The van der Waals surface area contributed by atoms with Gasteiger partial charge in [-0.05, 0) is 0 Å². The van der Waals surface area contributed by atoms with Gasteiger partial charge >= 0.3 is 5.97 Å². The molecular weight excluding hydrogens is 228 g/mol. The summed E-state index contributed by atoms with van der Waals surface area (Å²) in [6, 6.07) is -0.266. The van der Waals surface area contributed by atoms with Gasteiger partial charge in [0.05, 0.1) is 6.04 Å². The van der Waals surface area contributed by atoms with E-state index in [2.05, 4.69) is 11.9 Å². The van der Waals surface area contributed by atoms with Crippen LogP contribution < -0.4 is 5.32 Å². The van der Waals surface area contributed by atoms with Gasteiger partial charge in [0.25, 0.3) is 0 Å². The normalized spacial score (nSPS) is 20.1. The summed E-state index contributed by atoms with van der Waals surface area (Å²) in [5.41, 5.74) is 0. The van der Waals surface area contributed by atoms with Crippen molar-refractivity contribution in [2.75, 3.05) is 31.1 Å². The van der Waals surface area contributed by atoms with E-state index in [1.54, 1.807) is 11.8 Å². The Balaban J connectivity index is 2.57. The van der Waals surface area contributed by atoms with Crippen molar-refractivity contribution in [1.82, 2.24) is 10.2 Å². The zero-order chi connectivity index (χ0) is 12.0. The molecule has 16 heavy (non-hydrogen) atoms. The Morgan fingerprint density at radius 3 is 2.88 bits per heavy atom. The highest BCUT2D eigenvalue weighted by molar-refractivity contribution is 7.99. The Morgan fingerprint density at radius 2 is 2.38 bits per heavy atom. The smallest absolute Gasteiger partial charge is 0.323 e. The van der Waals surface area contributed by atoms with Gasteiger partial charge in [-0.15, -0.1) is 6.58 Å². The lowest BCUT2D eigenvalue weighted by molar-refractivity contribution is -0.144. The Bertz CT molecular complexity index is 277. The third-order valence-corrected chi connectivity index (χ3v) is 3.27. The first-order valence-electron chi connectivity index (χ1n) is 5.07. The molecule has 0 aromatic rings. The van der Waals surface area contributed by atoms with E-state index in [1.165, 1.54) is 11.0 Å². The first kappa shape index (κ1) is 13.1. The summed E-state index contributed by atoms with van der Waals surface area (Å²) in [5.74, 6) is 0.532. The molecule has 1 amide bonds. The van der Waals surface area contributed by atoms with Crippen LogP contribution in [-0.2, 0) is 9.59 Å². The molecule has 1 rings (SSSR count). The SMILES string of the molecule is C=CCN(CC(=O)O)C(=O)C1CSCCN1. The summed E-state index contributed by atoms with van der Waals surface area (Å²) in [4.78, 5) is 23.9. The second-order valence-electron chi connectivity index (χ2n) is 3.48. The molecule has 1 saturated heterocycles. The molecule has 1 aliphatic heterocycles. The summed E-state index contributed by atoms with van der Waals surface area (Å²) < 4.78 is 0. The number of carboxylic acids is 1. The quantitative estimate of drug-likeness (QED) is 0.655. The van der Waals surface area contributed by atoms with Crippen molar-refractivity contribution in [3.63, 3.8) is 0 Å². The Kier molecular flexibility index (Phi) is 5.34. The first-order chi connectivity index (χ1) is 7.65. The molecule has 0 aromatic carbocycles. The molecule has 1 heterocycles. The fraction of sp³-hybridized carbons (Fsp3) is 0.600. The fourth-order valence-electron chi connectivity index (χ4n) is 1.50. The zero-order valence-corrected chi connectivity index (χ0v) is 9.83. The van der Waals surface area contributed by atoms with Crippen molar-refractivity contribution in [3.8, 4) is 0 Å². The van der Waals surface area contributed by atoms with Crippen LogP contribution in [0.1, 0.15) is 0 Å². The first-order valence-corrected chi connectivity index (χ1v) is 6.23. The summed E-state index contributed by atoms with van der Waals surface area (Å²) in [6.45, 7) is 4.31. The highest BCUT2D eigenvalue weighted by Gasteiger charge is 2.26. The molecule has 0 aliphatic carbocycles. The predicted octanol–water partition coefficient (Wildman–Crippen LogP) is -0.209. The molecule has 6 heteroatoms. The van der Waals surface area contributed by atoms with Crippen molar-refractivity contribution >= 4 is 23.6 Å². The van der Waals surface area contributed by atoms with Gasteiger partial charge in [0.2, 0.25) is 5.91 Å². The second kappa shape index (κ2) is 6.55. The summed E-state index contributed by atoms with van der Waals surface area (Å²) in [5, 5.41) is 11.8. The monoisotopic (exact) mass is 244 g/mol. The largest absolute Gasteiger partial charge is 0.480 e. The standard InChI is InChI=1S/C10H16N2O3S/c1-2-4-12(6-9(13)14)10(15)8-7-16-5-3-11-8/h2,8,11H,1,3-7H2,(H,13,14). The van der Waals surface area contributed by atoms with Gasteiger partial charge in [-0.1, -0.05) is 6.08 Å². The average Bonchev–Trinajstić information content (AvgIpc) is 2.28. The van der Waals surface area contributed by atoms with Crippen LogP contribution in [0, 0.1) is 0 Å². The van der Waals surface area contributed by atoms with E-state index in [9.17, 15) is 9.59 Å².